The average Bonchev–Trinajstić information content (AvgIpc) is 3.35. The van der Waals surface area contributed by atoms with Gasteiger partial charge in [0.15, 0.2) is 0 Å². The second-order valence-corrected chi connectivity index (χ2v) is 11.7. The molecule has 200 valence electrons. The van der Waals surface area contributed by atoms with Crippen LogP contribution in [0.15, 0.2) is 53.6 Å². The minimum absolute atomic E-state index is 0.0460. The molecule has 37 heavy (non-hydrogen) atoms. The Morgan fingerprint density at radius 1 is 1.16 bits per heavy atom. The van der Waals surface area contributed by atoms with Crippen LogP contribution in [0.2, 0.25) is 0 Å². The van der Waals surface area contributed by atoms with Crippen molar-refractivity contribution < 1.29 is 22.7 Å². The fourth-order valence-corrected chi connectivity index (χ4v) is 5.43. The summed E-state index contributed by atoms with van der Waals surface area (Å²) < 4.78 is 41.5. The number of benzene rings is 2. The maximum atomic E-state index is 13.5. The third-order valence-corrected chi connectivity index (χ3v) is 8.40. The van der Waals surface area contributed by atoms with Crippen LogP contribution < -0.4 is 5.32 Å². The Hall–Kier alpha value is -2.86. The van der Waals surface area contributed by atoms with E-state index >= 15 is 0 Å². The van der Waals surface area contributed by atoms with E-state index in [1.807, 2.05) is 44.2 Å². The van der Waals surface area contributed by atoms with Crippen molar-refractivity contribution in [3.63, 3.8) is 0 Å². The SMILES string of the molecule is C[C@@H]1COC(=O)CCCn2cc(nn2)CO[C@H](CN(C)S(=O)(=O)c2ccc3ccccc3c2)[C@H](C)CN1. The van der Waals surface area contributed by atoms with Crippen molar-refractivity contribution in [3.05, 3.63) is 54.4 Å². The molecule has 0 spiro atoms. The first-order chi connectivity index (χ1) is 17.7. The molecule has 1 aliphatic rings. The number of ether oxygens (including phenoxy) is 2. The van der Waals surface area contributed by atoms with Crippen molar-refractivity contribution in [2.24, 2.45) is 5.92 Å². The van der Waals surface area contributed by atoms with E-state index in [1.165, 1.54) is 4.31 Å². The maximum Gasteiger partial charge on any atom is 0.305 e. The van der Waals surface area contributed by atoms with E-state index in [-0.39, 0.29) is 42.6 Å². The number of aromatic nitrogens is 3. The Kier molecular flexibility index (Phi) is 8.91. The zero-order chi connectivity index (χ0) is 26.4. The van der Waals surface area contributed by atoms with Gasteiger partial charge in [-0.05, 0) is 42.2 Å². The summed E-state index contributed by atoms with van der Waals surface area (Å²) in [6.07, 6.45) is 2.28. The van der Waals surface area contributed by atoms with Gasteiger partial charge >= 0.3 is 5.97 Å². The molecule has 2 bridgehead atoms. The van der Waals surface area contributed by atoms with Gasteiger partial charge in [-0.2, -0.15) is 4.31 Å². The van der Waals surface area contributed by atoms with Crippen molar-refractivity contribution >= 4 is 26.8 Å². The van der Waals surface area contributed by atoms with Gasteiger partial charge in [-0.3, -0.25) is 9.48 Å². The molecule has 0 saturated carbocycles. The van der Waals surface area contributed by atoms with E-state index in [0.29, 0.717) is 31.6 Å². The molecule has 1 N–H and O–H groups in total. The molecule has 0 radical (unpaired) electrons. The number of nitrogens with one attached hydrogen (secondary N) is 1. The molecule has 3 aromatic rings. The van der Waals surface area contributed by atoms with Gasteiger partial charge in [0.2, 0.25) is 10.0 Å². The number of aryl methyl sites for hydroxylation is 1. The summed E-state index contributed by atoms with van der Waals surface area (Å²) in [4.78, 5) is 12.3. The Morgan fingerprint density at radius 2 is 1.95 bits per heavy atom. The minimum atomic E-state index is -3.74. The van der Waals surface area contributed by atoms with Crippen molar-refractivity contribution in [1.29, 1.82) is 0 Å². The Morgan fingerprint density at radius 3 is 2.76 bits per heavy atom. The second kappa shape index (κ2) is 12.1. The molecule has 11 heteroatoms. The first-order valence-corrected chi connectivity index (χ1v) is 14.0. The van der Waals surface area contributed by atoms with Gasteiger partial charge in [-0.15, -0.1) is 5.10 Å². The summed E-state index contributed by atoms with van der Waals surface area (Å²) in [5.41, 5.74) is 0.647. The topological polar surface area (TPSA) is 116 Å². The highest BCUT2D eigenvalue weighted by molar-refractivity contribution is 7.89. The molecule has 2 aromatic carbocycles. The Bertz CT molecular complexity index is 1310. The molecule has 0 aliphatic carbocycles. The number of cyclic esters (lactones) is 1. The van der Waals surface area contributed by atoms with Crippen LogP contribution in [0.3, 0.4) is 0 Å². The third kappa shape index (κ3) is 7.13. The van der Waals surface area contributed by atoms with E-state index in [1.54, 1.807) is 30.1 Å². The van der Waals surface area contributed by atoms with Gasteiger partial charge in [-0.25, -0.2) is 8.42 Å². The number of carbonyl (C=O) groups excluding carboxylic acids is 1. The summed E-state index contributed by atoms with van der Waals surface area (Å²) in [6, 6.07) is 12.8. The number of hydrogen-bond acceptors (Lipinski definition) is 8. The lowest BCUT2D eigenvalue weighted by Gasteiger charge is -2.29. The summed E-state index contributed by atoms with van der Waals surface area (Å²) in [5.74, 6) is -0.286. The number of esters is 1. The molecule has 1 aromatic heterocycles. The first kappa shape index (κ1) is 27.2. The van der Waals surface area contributed by atoms with Crippen LogP contribution in [-0.4, -0.2) is 72.6 Å². The summed E-state index contributed by atoms with van der Waals surface area (Å²) >= 11 is 0. The van der Waals surface area contributed by atoms with E-state index < -0.39 is 16.1 Å². The van der Waals surface area contributed by atoms with E-state index in [4.69, 9.17) is 9.47 Å². The fraction of sp³-hybridized carbons (Fsp3) is 0.500. The van der Waals surface area contributed by atoms with Crippen molar-refractivity contribution in [1.82, 2.24) is 24.6 Å². The molecule has 3 atom stereocenters. The monoisotopic (exact) mass is 529 g/mol. The fourth-order valence-electron chi connectivity index (χ4n) is 4.22. The standard InChI is InChI=1S/C26H35N5O5S/c1-19-14-27-20(2)17-36-26(32)9-6-12-31-15-23(28-29-31)18-35-25(19)16-30(3)37(33,34)24-11-10-21-7-4-5-8-22(21)13-24/h4-5,7-8,10-11,13,15,19-20,25,27H,6,9,12,14,16-18H2,1-3H3/t19-,20-,25-/m1/s1. The smallest absolute Gasteiger partial charge is 0.305 e. The molecule has 0 unspecified atom stereocenters. The molecular weight excluding hydrogens is 494 g/mol. The maximum absolute atomic E-state index is 13.5. The molecule has 0 amide bonds. The first-order valence-electron chi connectivity index (χ1n) is 12.6. The molecule has 4 rings (SSSR count). The quantitative estimate of drug-likeness (QED) is 0.513. The summed E-state index contributed by atoms with van der Waals surface area (Å²) in [6.45, 7) is 5.69. The number of hydrogen-bond donors (Lipinski definition) is 1. The van der Waals surface area contributed by atoms with E-state index in [0.717, 1.165) is 10.8 Å². The molecule has 2 heterocycles. The highest BCUT2D eigenvalue weighted by Crippen LogP contribution is 2.23. The van der Waals surface area contributed by atoms with Crippen molar-refractivity contribution in [3.8, 4) is 0 Å². The van der Waals surface area contributed by atoms with Gasteiger partial charge in [0, 0.05) is 39.1 Å². The zero-order valence-electron chi connectivity index (χ0n) is 21.5. The van der Waals surface area contributed by atoms with Gasteiger partial charge in [0.25, 0.3) is 0 Å². The lowest BCUT2D eigenvalue weighted by atomic mass is 10.0. The highest BCUT2D eigenvalue weighted by atomic mass is 32.2. The number of likely N-dealkylation sites (N-methyl/N-ethyl adjacent to an activating group) is 1. The number of nitrogens with zero attached hydrogens (tertiary/aromatic N) is 4. The lowest BCUT2D eigenvalue weighted by molar-refractivity contribution is -0.144. The largest absolute Gasteiger partial charge is 0.464 e. The van der Waals surface area contributed by atoms with Gasteiger partial charge in [0.05, 0.1) is 23.8 Å². The van der Waals surface area contributed by atoms with Crippen LogP contribution in [0.5, 0.6) is 0 Å². The van der Waals surface area contributed by atoms with Crippen LogP contribution in [-0.2, 0) is 37.4 Å². The average molecular weight is 530 g/mol. The van der Waals surface area contributed by atoms with Gasteiger partial charge in [-0.1, -0.05) is 42.5 Å². The molecule has 10 nitrogen and oxygen atoms in total. The van der Waals surface area contributed by atoms with Crippen LogP contribution in [0, 0.1) is 5.92 Å². The van der Waals surface area contributed by atoms with Crippen LogP contribution in [0.1, 0.15) is 32.4 Å². The zero-order valence-corrected chi connectivity index (χ0v) is 22.4. The summed E-state index contributed by atoms with van der Waals surface area (Å²) in [5, 5.41) is 13.5. The van der Waals surface area contributed by atoms with Crippen LogP contribution in [0.25, 0.3) is 10.8 Å². The number of sulfonamides is 1. The summed E-state index contributed by atoms with van der Waals surface area (Å²) in [7, 11) is -2.17. The van der Waals surface area contributed by atoms with Crippen molar-refractivity contribution in [2.45, 2.75) is 56.9 Å². The molecular formula is C26H35N5O5S. The predicted octanol–water partition coefficient (Wildman–Crippen LogP) is 2.59. The Balaban J connectivity index is 1.51. The normalized spacial score (nSPS) is 22.7. The molecule has 0 saturated heterocycles. The number of rotatable bonds is 4. The van der Waals surface area contributed by atoms with Gasteiger partial charge < -0.3 is 14.8 Å². The number of carbonyl (C=O) groups is 1. The predicted molar refractivity (Wildman–Crippen MR) is 139 cm³/mol. The van der Waals surface area contributed by atoms with E-state index in [9.17, 15) is 13.2 Å². The molecule has 1 aliphatic heterocycles. The van der Waals surface area contributed by atoms with Crippen molar-refractivity contribution in [2.75, 3.05) is 26.7 Å². The molecule has 0 fully saturated rings. The Labute approximate surface area is 218 Å². The third-order valence-electron chi connectivity index (χ3n) is 6.58. The number of fused-ring (bicyclic) bond motifs is 3. The highest BCUT2D eigenvalue weighted by Gasteiger charge is 2.28. The van der Waals surface area contributed by atoms with Gasteiger partial charge in [0.1, 0.15) is 12.3 Å². The van der Waals surface area contributed by atoms with Crippen LogP contribution in [0.4, 0.5) is 0 Å². The van der Waals surface area contributed by atoms with Crippen LogP contribution >= 0.6 is 0 Å². The second-order valence-electron chi connectivity index (χ2n) is 9.69. The minimum Gasteiger partial charge on any atom is -0.464 e. The van der Waals surface area contributed by atoms with E-state index in [2.05, 4.69) is 15.6 Å². The lowest BCUT2D eigenvalue weighted by Crippen LogP contribution is -2.43.